The molecular weight excluding hydrogens is 262 g/mol. The molecule has 0 aliphatic heterocycles. The maximum absolute atomic E-state index is 13.0. The fourth-order valence-corrected chi connectivity index (χ4v) is 2.86. The summed E-state index contributed by atoms with van der Waals surface area (Å²) in [6.45, 7) is 0. The number of carboxylic acid groups (broad SMARTS) is 1. The number of carbonyl (C=O) groups is 1. The van der Waals surface area contributed by atoms with Gasteiger partial charge in [-0.1, -0.05) is 24.3 Å². The van der Waals surface area contributed by atoms with E-state index in [-0.39, 0.29) is 11.6 Å². The fourth-order valence-electron chi connectivity index (χ4n) is 2.86. The van der Waals surface area contributed by atoms with Gasteiger partial charge in [0.2, 0.25) is 0 Å². The first kappa shape index (κ1) is 12.8. The van der Waals surface area contributed by atoms with Gasteiger partial charge in [-0.15, -0.1) is 0 Å². The van der Waals surface area contributed by atoms with E-state index in [2.05, 4.69) is 0 Å². The number of carboxylic acids is 1. The number of halogens is 2. The SMILES string of the molecule is O=C(O)C1CC1(c1ccc(F)cc1)c1ccc(F)cc1. The first-order chi connectivity index (χ1) is 9.54. The summed E-state index contributed by atoms with van der Waals surface area (Å²) in [5.74, 6) is -2.18. The summed E-state index contributed by atoms with van der Waals surface area (Å²) in [6.07, 6.45) is 0.444. The zero-order chi connectivity index (χ0) is 14.3. The van der Waals surface area contributed by atoms with Crippen molar-refractivity contribution in [3.05, 3.63) is 71.3 Å². The lowest BCUT2D eigenvalue weighted by Crippen LogP contribution is -2.16. The highest BCUT2D eigenvalue weighted by molar-refractivity contribution is 5.79. The summed E-state index contributed by atoms with van der Waals surface area (Å²) >= 11 is 0. The highest BCUT2D eigenvalue weighted by Gasteiger charge is 2.60. The molecular formula is C16H12F2O2. The molecule has 2 aromatic rings. The third-order valence-electron chi connectivity index (χ3n) is 3.98. The van der Waals surface area contributed by atoms with Gasteiger partial charge >= 0.3 is 5.97 Å². The molecule has 1 unspecified atom stereocenters. The van der Waals surface area contributed by atoms with Crippen molar-refractivity contribution in [2.24, 2.45) is 5.92 Å². The van der Waals surface area contributed by atoms with Crippen LogP contribution in [0, 0.1) is 17.6 Å². The molecule has 2 aromatic carbocycles. The van der Waals surface area contributed by atoms with Crippen LogP contribution < -0.4 is 0 Å². The Morgan fingerprint density at radius 1 is 0.950 bits per heavy atom. The van der Waals surface area contributed by atoms with Gasteiger partial charge in [0, 0.05) is 5.41 Å². The Hall–Kier alpha value is -2.23. The quantitative estimate of drug-likeness (QED) is 0.931. The van der Waals surface area contributed by atoms with Crippen LogP contribution in [0.1, 0.15) is 17.5 Å². The number of hydrogen-bond donors (Lipinski definition) is 1. The van der Waals surface area contributed by atoms with E-state index >= 15 is 0 Å². The van der Waals surface area contributed by atoms with Crippen molar-refractivity contribution in [1.29, 1.82) is 0 Å². The van der Waals surface area contributed by atoms with Crippen molar-refractivity contribution in [1.82, 2.24) is 0 Å². The van der Waals surface area contributed by atoms with Crippen LogP contribution in [-0.4, -0.2) is 11.1 Å². The van der Waals surface area contributed by atoms with Gasteiger partial charge in [-0.2, -0.15) is 0 Å². The van der Waals surface area contributed by atoms with Crippen LogP contribution in [0.15, 0.2) is 48.5 Å². The molecule has 0 amide bonds. The third-order valence-corrected chi connectivity index (χ3v) is 3.98. The maximum atomic E-state index is 13.0. The second-order valence-corrected chi connectivity index (χ2v) is 5.08. The van der Waals surface area contributed by atoms with Gasteiger partial charge in [-0.25, -0.2) is 8.78 Å². The molecule has 0 spiro atoms. The van der Waals surface area contributed by atoms with Crippen LogP contribution in [-0.2, 0) is 10.2 Å². The molecule has 102 valence electrons. The van der Waals surface area contributed by atoms with Crippen molar-refractivity contribution < 1.29 is 18.7 Å². The minimum Gasteiger partial charge on any atom is -0.481 e. The third kappa shape index (κ3) is 1.88. The highest BCUT2D eigenvalue weighted by Crippen LogP contribution is 2.58. The minimum atomic E-state index is -0.890. The summed E-state index contributed by atoms with van der Waals surface area (Å²) in [4.78, 5) is 11.3. The van der Waals surface area contributed by atoms with E-state index < -0.39 is 17.3 Å². The summed E-state index contributed by atoms with van der Waals surface area (Å²) in [6, 6.07) is 11.7. The van der Waals surface area contributed by atoms with E-state index in [4.69, 9.17) is 0 Å². The van der Waals surface area contributed by atoms with Crippen LogP contribution in [0.2, 0.25) is 0 Å². The molecule has 0 aromatic heterocycles. The average molecular weight is 274 g/mol. The maximum Gasteiger partial charge on any atom is 0.307 e. The molecule has 0 saturated heterocycles. The number of benzene rings is 2. The van der Waals surface area contributed by atoms with E-state index in [1.165, 1.54) is 24.3 Å². The first-order valence-electron chi connectivity index (χ1n) is 6.29. The van der Waals surface area contributed by atoms with E-state index in [0.717, 1.165) is 11.1 Å². The second-order valence-electron chi connectivity index (χ2n) is 5.08. The Morgan fingerprint density at radius 2 is 1.35 bits per heavy atom. The molecule has 1 fully saturated rings. The second kappa shape index (κ2) is 4.40. The topological polar surface area (TPSA) is 37.3 Å². The number of aliphatic carboxylic acids is 1. The Labute approximate surface area is 114 Å². The molecule has 0 heterocycles. The predicted molar refractivity (Wildman–Crippen MR) is 69.3 cm³/mol. The van der Waals surface area contributed by atoms with Crippen molar-refractivity contribution in [3.8, 4) is 0 Å². The van der Waals surface area contributed by atoms with Gasteiger partial charge in [-0.3, -0.25) is 4.79 Å². The van der Waals surface area contributed by atoms with Gasteiger partial charge in [0.05, 0.1) is 5.92 Å². The number of hydrogen-bond acceptors (Lipinski definition) is 1. The van der Waals surface area contributed by atoms with Crippen molar-refractivity contribution in [2.75, 3.05) is 0 Å². The smallest absolute Gasteiger partial charge is 0.307 e. The average Bonchev–Trinajstić information content (AvgIpc) is 3.17. The predicted octanol–water partition coefficient (Wildman–Crippen LogP) is 3.36. The Morgan fingerprint density at radius 3 is 1.65 bits per heavy atom. The molecule has 1 aliphatic rings. The van der Waals surface area contributed by atoms with E-state index in [1.807, 2.05) is 0 Å². The van der Waals surface area contributed by atoms with Crippen LogP contribution >= 0.6 is 0 Å². The van der Waals surface area contributed by atoms with Gasteiger partial charge in [0.15, 0.2) is 0 Å². The summed E-state index contributed by atoms with van der Waals surface area (Å²) in [5, 5.41) is 9.27. The normalized spacial score (nSPS) is 19.6. The lowest BCUT2D eigenvalue weighted by molar-refractivity contribution is -0.138. The highest BCUT2D eigenvalue weighted by atomic mass is 19.1. The monoisotopic (exact) mass is 274 g/mol. The van der Waals surface area contributed by atoms with Crippen LogP contribution in [0.4, 0.5) is 8.78 Å². The standard InChI is InChI=1S/C16H12F2O2/c17-12-5-1-10(2-6-12)16(9-14(16)15(19)20)11-3-7-13(18)8-4-11/h1-8,14H,9H2,(H,19,20). The molecule has 0 bridgehead atoms. The summed E-state index contributed by atoms with van der Waals surface area (Å²) in [7, 11) is 0. The zero-order valence-electron chi connectivity index (χ0n) is 10.5. The molecule has 1 aliphatic carbocycles. The van der Waals surface area contributed by atoms with E-state index in [9.17, 15) is 18.7 Å². The largest absolute Gasteiger partial charge is 0.481 e. The van der Waals surface area contributed by atoms with Crippen molar-refractivity contribution >= 4 is 5.97 Å². The van der Waals surface area contributed by atoms with Crippen LogP contribution in [0.5, 0.6) is 0 Å². The Balaban J connectivity index is 2.09. The molecule has 3 rings (SSSR count). The Kier molecular flexibility index (Phi) is 2.82. The fraction of sp³-hybridized carbons (Fsp3) is 0.188. The van der Waals surface area contributed by atoms with Gasteiger partial charge in [-0.05, 0) is 41.8 Å². The first-order valence-corrected chi connectivity index (χ1v) is 6.29. The summed E-state index contributed by atoms with van der Waals surface area (Å²) in [5.41, 5.74) is 0.823. The molecule has 4 heteroatoms. The molecule has 0 radical (unpaired) electrons. The van der Waals surface area contributed by atoms with Crippen molar-refractivity contribution in [3.63, 3.8) is 0 Å². The van der Waals surface area contributed by atoms with Crippen LogP contribution in [0.25, 0.3) is 0 Å². The lowest BCUT2D eigenvalue weighted by Gasteiger charge is -2.18. The van der Waals surface area contributed by atoms with Crippen molar-refractivity contribution in [2.45, 2.75) is 11.8 Å². The van der Waals surface area contributed by atoms with E-state index in [1.54, 1.807) is 24.3 Å². The molecule has 1 atom stereocenters. The van der Waals surface area contributed by atoms with E-state index in [0.29, 0.717) is 6.42 Å². The lowest BCUT2D eigenvalue weighted by atomic mass is 9.85. The van der Waals surface area contributed by atoms with Gasteiger partial charge < -0.3 is 5.11 Å². The zero-order valence-corrected chi connectivity index (χ0v) is 10.5. The molecule has 2 nitrogen and oxygen atoms in total. The number of rotatable bonds is 3. The van der Waals surface area contributed by atoms with Gasteiger partial charge in [0.1, 0.15) is 11.6 Å². The summed E-state index contributed by atoms with van der Waals surface area (Å²) < 4.78 is 26.1. The minimum absolute atomic E-state index is 0.365. The molecule has 1 saturated carbocycles. The van der Waals surface area contributed by atoms with Crippen LogP contribution in [0.3, 0.4) is 0 Å². The molecule has 1 N–H and O–H groups in total. The van der Waals surface area contributed by atoms with Gasteiger partial charge in [0.25, 0.3) is 0 Å². The Bertz CT molecular complexity index is 602. The molecule has 20 heavy (non-hydrogen) atoms.